The number of rotatable bonds is 5. The topological polar surface area (TPSA) is 50.2 Å². The van der Waals surface area contributed by atoms with Crippen LogP contribution in [-0.4, -0.2) is 39.7 Å². The lowest BCUT2D eigenvalue weighted by atomic mass is 9.96. The minimum absolute atomic E-state index is 0.0978. The number of piperidine rings is 1. The Morgan fingerprint density at radius 2 is 2.17 bits per heavy atom. The average Bonchev–Trinajstić information content (AvgIpc) is 2.98. The van der Waals surface area contributed by atoms with Gasteiger partial charge in [0.15, 0.2) is 0 Å². The van der Waals surface area contributed by atoms with Crippen molar-refractivity contribution in [3.8, 4) is 0 Å². The maximum Gasteiger partial charge on any atom is 0.224 e. The first kappa shape index (κ1) is 17.0. The van der Waals surface area contributed by atoms with Crippen molar-refractivity contribution in [3.63, 3.8) is 0 Å². The molecule has 1 aliphatic heterocycles. The summed E-state index contributed by atoms with van der Waals surface area (Å²) in [6, 6.07) is 8.72. The van der Waals surface area contributed by atoms with Crippen molar-refractivity contribution in [1.82, 2.24) is 20.0 Å². The van der Waals surface area contributed by atoms with Crippen LogP contribution in [0.3, 0.4) is 0 Å². The van der Waals surface area contributed by atoms with Gasteiger partial charge in [-0.05, 0) is 46.2 Å². The molecule has 1 aliphatic rings. The molecule has 5 heteroatoms. The van der Waals surface area contributed by atoms with Crippen LogP contribution in [0.2, 0.25) is 0 Å². The van der Waals surface area contributed by atoms with Gasteiger partial charge in [-0.1, -0.05) is 18.2 Å². The van der Waals surface area contributed by atoms with Gasteiger partial charge < -0.3 is 10.2 Å². The zero-order valence-corrected chi connectivity index (χ0v) is 15.0. The lowest BCUT2D eigenvalue weighted by Crippen LogP contribution is -2.45. The number of nitrogens with zero attached hydrogens (tertiary/aromatic N) is 3. The van der Waals surface area contributed by atoms with Crippen LogP contribution in [0.25, 0.3) is 10.9 Å². The summed E-state index contributed by atoms with van der Waals surface area (Å²) in [5.41, 5.74) is 2.09. The number of carbonyl (C=O) groups excluding carboxylic acids is 1. The molecular weight excluding hydrogens is 300 g/mol. The van der Waals surface area contributed by atoms with Crippen LogP contribution in [0.15, 0.2) is 24.3 Å². The highest BCUT2D eigenvalue weighted by Crippen LogP contribution is 2.20. The Morgan fingerprint density at radius 3 is 2.92 bits per heavy atom. The molecule has 1 aromatic heterocycles. The maximum absolute atomic E-state index is 12.6. The molecular formula is C19H28N4O. The Hall–Kier alpha value is -1.88. The summed E-state index contributed by atoms with van der Waals surface area (Å²) in [4.78, 5) is 15.0. The van der Waals surface area contributed by atoms with Gasteiger partial charge in [-0.25, -0.2) is 0 Å². The van der Waals surface area contributed by atoms with Crippen molar-refractivity contribution in [2.24, 2.45) is 5.92 Å². The molecule has 2 aromatic rings. The van der Waals surface area contributed by atoms with E-state index >= 15 is 0 Å². The van der Waals surface area contributed by atoms with Crippen molar-refractivity contribution in [1.29, 1.82) is 0 Å². The molecule has 1 aromatic carbocycles. The lowest BCUT2D eigenvalue weighted by molar-refractivity contribution is -0.127. The van der Waals surface area contributed by atoms with Gasteiger partial charge in [0.05, 0.1) is 23.7 Å². The minimum Gasteiger partial charge on any atom is -0.350 e. The van der Waals surface area contributed by atoms with Gasteiger partial charge in [0.25, 0.3) is 0 Å². The van der Waals surface area contributed by atoms with E-state index < -0.39 is 0 Å². The molecule has 1 amide bonds. The molecule has 0 bridgehead atoms. The number of carbonyl (C=O) groups is 1. The molecule has 24 heavy (non-hydrogen) atoms. The van der Waals surface area contributed by atoms with Crippen molar-refractivity contribution in [2.45, 2.75) is 52.7 Å². The van der Waals surface area contributed by atoms with Gasteiger partial charge in [-0.3, -0.25) is 9.48 Å². The second-order valence-corrected chi connectivity index (χ2v) is 6.93. The Labute approximate surface area is 144 Å². The molecule has 3 rings (SSSR count). The summed E-state index contributed by atoms with van der Waals surface area (Å²) in [5, 5.41) is 8.91. The fourth-order valence-corrected chi connectivity index (χ4v) is 3.57. The van der Waals surface area contributed by atoms with Crippen molar-refractivity contribution in [3.05, 3.63) is 30.0 Å². The van der Waals surface area contributed by atoms with E-state index in [-0.39, 0.29) is 11.8 Å². The van der Waals surface area contributed by atoms with Gasteiger partial charge in [0.1, 0.15) is 0 Å². The number of para-hydroxylation sites is 1. The van der Waals surface area contributed by atoms with Crippen LogP contribution in [0.1, 0.15) is 39.3 Å². The summed E-state index contributed by atoms with van der Waals surface area (Å²) in [5.74, 6) is 0.260. The number of hydrogen-bond donors (Lipinski definition) is 1. The Bertz CT molecular complexity index is 706. The number of aryl methyl sites for hydroxylation is 1. The lowest BCUT2D eigenvalue weighted by Gasteiger charge is -2.34. The van der Waals surface area contributed by atoms with Crippen LogP contribution < -0.4 is 5.32 Å². The zero-order valence-electron chi connectivity index (χ0n) is 15.0. The highest BCUT2D eigenvalue weighted by molar-refractivity contribution is 5.83. The van der Waals surface area contributed by atoms with E-state index in [9.17, 15) is 4.79 Å². The Kier molecular flexibility index (Phi) is 5.19. The molecule has 1 saturated heterocycles. The van der Waals surface area contributed by atoms with Crippen molar-refractivity contribution in [2.75, 3.05) is 13.1 Å². The van der Waals surface area contributed by atoms with Crippen LogP contribution in [-0.2, 0) is 17.9 Å². The van der Waals surface area contributed by atoms with E-state index in [0.29, 0.717) is 12.6 Å². The Morgan fingerprint density at radius 1 is 1.38 bits per heavy atom. The molecule has 1 N–H and O–H groups in total. The van der Waals surface area contributed by atoms with Crippen LogP contribution in [0.4, 0.5) is 0 Å². The number of benzene rings is 1. The smallest absolute Gasteiger partial charge is 0.224 e. The van der Waals surface area contributed by atoms with Gasteiger partial charge in [-0.15, -0.1) is 0 Å². The molecule has 5 nitrogen and oxygen atoms in total. The predicted molar refractivity (Wildman–Crippen MR) is 96.7 cm³/mol. The molecule has 0 aliphatic carbocycles. The minimum atomic E-state index is 0.0978. The number of aromatic nitrogens is 2. The third kappa shape index (κ3) is 3.46. The van der Waals surface area contributed by atoms with E-state index in [1.165, 1.54) is 0 Å². The molecule has 0 spiro atoms. The van der Waals surface area contributed by atoms with Gasteiger partial charge in [-0.2, -0.15) is 5.10 Å². The third-order valence-electron chi connectivity index (χ3n) is 5.02. The number of nitrogens with one attached hydrogen (secondary N) is 1. The summed E-state index contributed by atoms with van der Waals surface area (Å²) >= 11 is 0. The van der Waals surface area contributed by atoms with Crippen LogP contribution in [0.5, 0.6) is 0 Å². The quantitative estimate of drug-likeness (QED) is 0.918. The number of likely N-dealkylation sites (tertiary alicyclic amines) is 1. The number of amides is 1. The maximum atomic E-state index is 12.6. The summed E-state index contributed by atoms with van der Waals surface area (Å²) < 4.78 is 2.00. The normalized spacial score (nSPS) is 19.1. The average molecular weight is 328 g/mol. The second-order valence-electron chi connectivity index (χ2n) is 6.93. The first-order valence-electron chi connectivity index (χ1n) is 9.06. The van der Waals surface area contributed by atoms with Gasteiger partial charge in [0.2, 0.25) is 5.91 Å². The molecule has 1 atom stereocenters. The van der Waals surface area contributed by atoms with E-state index in [4.69, 9.17) is 0 Å². The largest absolute Gasteiger partial charge is 0.350 e. The number of hydrogen-bond acceptors (Lipinski definition) is 3. The third-order valence-corrected chi connectivity index (χ3v) is 5.02. The first-order valence-corrected chi connectivity index (χ1v) is 9.06. The molecule has 0 unspecified atom stereocenters. The molecule has 0 radical (unpaired) electrons. The van der Waals surface area contributed by atoms with Crippen LogP contribution >= 0.6 is 0 Å². The van der Waals surface area contributed by atoms with E-state index in [1.54, 1.807) is 0 Å². The van der Waals surface area contributed by atoms with E-state index in [0.717, 1.165) is 49.1 Å². The highest BCUT2D eigenvalue weighted by Gasteiger charge is 2.27. The summed E-state index contributed by atoms with van der Waals surface area (Å²) in [7, 11) is 0. The molecule has 0 saturated carbocycles. The molecule has 1 fully saturated rings. The monoisotopic (exact) mass is 328 g/mol. The van der Waals surface area contributed by atoms with Crippen LogP contribution in [0, 0.1) is 5.92 Å². The summed E-state index contributed by atoms with van der Waals surface area (Å²) in [6.45, 7) is 9.80. The first-order chi connectivity index (χ1) is 11.6. The highest BCUT2D eigenvalue weighted by atomic mass is 16.1. The molecule has 130 valence electrons. The van der Waals surface area contributed by atoms with Crippen molar-refractivity contribution >= 4 is 16.8 Å². The zero-order chi connectivity index (χ0) is 17.1. The fraction of sp³-hybridized carbons (Fsp3) is 0.579. The summed E-state index contributed by atoms with van der Waals surface area (Å²) in [6.07, 6.45) is 2.09. The standard InChI is InChI=1S/C19H28N4O/c1-4-23-18-10-6-5-9-16(18)17(21-23)12-20-19(24)15-8-7-11-22(13-15)14(2)3/h5-6,9-10,14-15H,4,7-8,11-13H2,1-3H3,(H,20,24)/t15-/m1/s1. The van der Waals surface area contributed by atoms with E-state index in [1.807, 2.05) is 16.8 Å². The van der Waals surface area contributed by atoms with Gasteiger partial charge in [0, 0.05) is 24.5 Å². The SMILES string of the molecule is CCn1nc(CNC(=O)[C@@H]2CCCN(C(C)C)C2)c2ccccc21. The fourth-order valence-electron chi connectivity index (χ4n) is 3.57. The van der Waals surface area contributed by atoms with Gasteiger partial charge >= 0.3 is 0 Å². The predicted octanol–water partition coefficient (Wildman–Crippen LogP) is 2.79. The molecule has 2 heterocycles. The second kappa shape index (κ2) is 7.34. The number of fused-ring (bicyclic) bond motifs is 1. The van der Waals surface area contributed by atoms with Crippen molar-refractivity contribution < 1.29 is 4.79 Å². The van der Waals surface area contributed by atoms with E-state index in [2.05, 4.69) is 48.2 Å². The Balaban J connectivity index is 1.66.